The Morgan fingerprint density at radius 3 is 2.29 bits per heavy atom. The molecule has 0 saturated heterocycles. The SMILES string of the molecule is O=P(O)(O)C1=CC2CC3CC(P(=O)(O)O)(C2)C13. The highest BCUT2D eigenvalue weighted by Gasteiger charge is 2.71. The van der Waals surface area contributed by atoms with Crippen LogP contribution >= 0.6 is 15.2 Å². The van der Waals surface area contributed by atoms with Crippen LogP contribution in [0.1, 0.15) is 19.3 Å². The van der Waals surface area contributed by atoms with Gasteiger partial charge in [0.15, 0.2) is 0 Å². The zero-order valence-electron chi connectivity index (χ0n) is 8.93. The van der Waals surface area contributed by atoms with Crippen molar-refractivity contribution in [3.63, 3.8) is 0 Å². The zero-order chi connectivity index (χ0) is 12.6. The fraction of sp³-hybridized carbons (Fsp3) is 0.778. The van der Waals surface area contributed by atoms with E-state index in [1.165, 1.54) is 0 Å². The van der Waals surface area contributed by atoms with Crippen LogP contribution in [0.4, 0.5) is 0 Å². The van der Waals surface area contributed by atoms with Gasteiger partial charge in [-0.15, -0.1) is 0 Å². The molecule has 8 heteroatoms. The van der Waals surface area contributed by atoms with Crippen LogP contribution in [0.5, 0.6) is 0 Å². The number of rotatable bonds is 2. The zero-order valence-corrected chi connectivity index (χ0v) is 10.7. The van der Waals surface area contributed by atoms with Crippen molar-refractivity contribution in [2.45, 2.75) is 24.4 Å². The minimum absolute atomic E-state index is 0.0282. The van der Waals surface area contributed by atoms with Gasteiger partial charge < -0.3 is 19.6 Å². The minimum atomic E-state index is -4.38. The van der Waals surface area contributed by atoms with Gasteiger partial charge in [-0.25, -0.2) is 0 Å². The largest absolute Gasteiger partial charge is 0.352 e. The van der Waals surface area contributed by atoms with Gasteiger partial charge in [-0.3, -0.25) is 9.13 Å². The molecule has 0 aromatic carbocycles. The average Bonchev–Trinajstić information content (AvgIpc) is 2.13. The lowest BCUT2D eigenvalue weighted by Gasteiger charge is -2.63. The maximum absolute atomic E-state index is 11.6. The van der Waals surface area contributed by atoms with Gasteiger partial charge in [-0.1, -0.05) is 6.08 Å². The van der Waals surface area contributed by atoms with Crippen LogP contribution in [-0.2, 0) is 9.13 Å². The summed E-state index contributed by atoms with van der Waals surface area (Å²) in [4.78, 5) is 37.5. The summed E-state index contributed by atoms with van der Waals surface area (Å²) in [5.41, 5.74) is 0. The van der Waals surface area contributed by atoms with Crippen LogP contribution in [-0.4, -0.2) is 24.7 Å². The molecule has 0 aromatic heterocycles. The lowest BCUT2D eigenvalue weighted by molar-refractivity contribution is 0.0109. The summed E-state index contributed by atoms with van der Waals surface area (Å²) in [7, 11) is -8.70. The van der Waals surface area contributed by atoms with E-state index in [1.807, 2.05) is 0 Å². The second-order valence-electron chi connectivity index (χ2n) is 5.42. The summed E-state index contributed by atoms with van der Waals surface area (Å²) in [6.45, 7) is 0. The molecule has 3 fully saturated rings. The molecule has 5 aliphatic rings. The number of allylic oxidation sites excluding steroid dienone is 2. The van der Waals surface area contributed by atoms with Crippen LogP contribution < -0.4 is 0 Å². The monoisotopic (exact) mass is 280 g/mol. The predicted molar refractivity (Wildman–Crippen MR) is 59.2 cm³/mol. The van der Waals surface area contributed by atoms with Gasteiger partial charge in [-0.05, 0) is 31.1 Å². The molecule has 4 atom stereocenters. The molecular weight excluding hydrogens is 266 g/mol. The molecule has 4 bridgehead atoms. The summed E-state index contributed by atoms with van der Waals surface area (Å²) in [6.07, 6.45) is 3.11. The predicted octanol–water partition coefficient (Wildman–Crippen LogP) is 1.02. The van der Waals surface area contributed by atoms with Crippen molar-refractivity contribution >= 4 is 15.2 Å². The first-order valence-corrected chi connectivity index (χ1v) is 8.71. The molecule has 0 radical (unpaired) electrons. The summed E-state index contributed by atoms with van der Waals surface area (Å²) in [5.74, 6) is -0.669. The van der Waals surface area contributed by atoms with E-state index in [0.717, 1.165) is 6.42 Å². The molecular formula is C9H14O6P2. The second-order valence-corrected chi connectivity index (χ2v) is 9.01. The quantitative estimate of drug-likeness (QED) is 0.561. The third kappa shape index (κ3) is 1.43. The van der Waals surface area contributed by atoms with Crippen LogP contribution in [0.2, 0.25) is 0 Å². The van der Waals surface area contributed by atoms with E-state index >= 15 is 0 Å². The van der Waals surface area contributed by atoms with Crippen molar-refractivity contribution in [2.75, 3.05) is 0 Å². The molecule has 5 aliphatic carbocycles. The summed E-state index contributed by atoms with van der Waals surface area (Å²) >= 11 is 0. The van der Waals surface area contributed by atoms with Gasteiger partial charge in [-0.2, -0.15) is 0 Å². The Morgan fingerprint density at radius 1 is 1.18 bits per heavy atom. The molecule has 0 amide bonds. The van der Waals surface area contributed by atoms with Crippen molar-refractivity contribution < 1.29 is 28.7 Å². The van der Waals surface area contributed by atoms with Gasteiger partial charge in [0.25, 0.3) is 0 Å². The van der Waals surface area contributed by atoms with Gasteiger partial charge in [0.05, 0.1) is 5.16 Å². The summed E-state index contributed by atoms with van der Waals surface area (Å²) in [6, 6.07) is 0. The van der Waals surface area contributed by atoms with Crippen LogP contribution in [0.25, 0.3) is 0 Å². The molecule has 0 spiro atoms. The number of hydrogen-bond donors (Lipinski definition) is 4. The third-order valence-electron chi connectivity index (χ3n) is 4.53. The molecule has 4 unspecified atom stereocenters. The van der Waals surface area contributed by atoms with E-state index in [4.69, 9.17) is 0 Å². The smallest absolute Gasteiger partial charge is 0.324 e. The Labute approximate surface area is 98.1 Å². The molecule has 96 valence electrons. The van der Waals surface area contributed by atoms with Gasteiger partial charge in [0.2, 0.25) is 0 Å². The molecule has 0 aliphatic heterocycles. The Morgan fingerprint density at radius 2 is 1.82 bits per heavy atom. The first kappa shape index (κ1) is 12.1. The minimum Gasteiger partial charge on any atom is -0.324 e. The fourth-order valence-corrected chi connectivity index (χ4v) is 7.00. The van der Waals surface area contributed by atoms with E-state index in [2.05, 4.69) is 0 Å². The first-order chi connectivity index (χ1) is 7.65. The van der Waals surface area contributed by atoms with Crippen molar-refractivity contribution in [2.24, 2.45) is 17.8 Å². The van der Waals surface area contributed by atoms with Crippen LogP contribution in [0.3, 0.4) is 0 Å². The van der Waals surface area contributed by atoms with Crippen molar-refractivity contribution in [3.8, 4) is 0 Å². The van der Waals surface area contributed by atoms with Crippen LogP contribution in [0.15, 0.2) is 11.4 Å². The first-order valence-electron chi connectivity index (χ1n) is 5.49. The standard InChI is InChI=1S/C9H14O6P2/c10-16(11,12)7-2-5-1-6-4-9(3-5,8(6)7)17(13,14)15/h2,5-6,8H,1,3-4H2,(H2,10,11,12)(H2,13,14,15). The Kier molecular flexibility index (Phi) is 2.23. The summed E-state index contributed by atoms with van der Waals surface area (Å²) < 4.78 is 23.0. The molecule has 3 saturated carbocycles. The van der Waals surface area contributed by atoms with E-state index in [1.54, 1.807) is 6.08 Å². The summed E-state index contributed by atoms with van der Waals surface area (Å²) in [5, 5.41) is -1.22. The maximum Gasteiger partial charge on any atom is 0.352 e. The highest BCUT2D eigenvalue weighted by molar-refractivity contribution is 7.57. The molecule has 0 heterocycles. The highest BCUT2D eigenvalue weighted by atomic mass is 31.2. The maximum atomic E-state index is 11.6. The molecule has 17 heavy (non-hydrogen) atoms. The third-order valence-corrected chi connectivity index (χ3v) is 7.43. The van der Waals surface area contributed by atoms with Crippen molar-refractivity contribution in [1.82, 2.24) is 0 Å². The van der Waals surface area contributed by atoms with E-state index in [9.17, 15) is 28.7 Å². The van der Waals surface area contributed by atoms with Gasteiger partial charge in [0, 0.05) is 11.2 Å². The van der Waals surface area contributed by atoms with Gasteiger partial charge >= 0.3 is 15.2 Å². The topological polar surface area (TPSA) is 115 Å². The van der Waals surface area contributed by atoms with E-state index < -0.39 is 26.3 Å². The number of hydrogen-bond acceptors (Lipinski definition) is 2. The molecule has 0 aromatic rings. The Bertz CT molecular complexity index is 502. The highest BCUT2D eigenvalue weighted by Crippen LogP contribution is 2.79. The molecule has 5 rings (SSSR count). The second kappa shape index (κ2) is 3.13. The average molecular weight is 280 g/mol. The molecule has 6 nitrogen and oxygen atoms in total. The van der Waals surface area contributed by atoms with Crippen molar-refractivity contribution in [1.29, 1.82) is 0 Å². The lowest BCUT2D eigenvalue weighted by Crippen LogP contribution is -2.61. The van der Waals surface area contributed by atoms with E-state index in [-0.39, 0.29) is 17.2 Å². The van der Waals surface area contributed by atoms with E-state index in [0.29, 0.717) is 12.8 Å². The fourth-order valence-electron chi connectivity index (χ4n) is 4.02. The Hall–Kier alpha value is 0.0400. The Balaban J connectivity index is 2.10. The van der Waals surface area contributed by atoms with Gasteiger partial charge in [0.1, 0.15) is 0 Å². The van der Waals surface area contributed by atoms with Crippen molar-refractivity contribution in [3.05, 3.63) is 11.4 Å². The normalized spacial score (nSPS) is 44.2. The molecule has 4 N–H and O–H groups in total. The lowest BCUT2D eigenvalue weighted by atomic mass is 9.50. The van der Waals surface area contributed by atoms with Crippen LogP contribution in [0, 0.1) is 17.8 Å².